The lowest BCUT2D eigenvalue weighted by molar-refractivity contribution is -0.121. The number of nitrogens with two attached hydrogens (primary N) is 1. The van der Waals surface area contributed by atoms with E-state index in [0.29, 0.717) is 13.2 Å². The van der Waals surface area contributed by atoms with E-state index in [1.807, 2.05) is 35.2 Å². The molecule has 16 heavy (non-hydrogen) atoms. The Morgan fingerprint density at radius 3 is 2.88 bits per heavy atom. The Morgan fingerprint density at radius 2 is 2.19 bits per heavy atom. The maximum absolute atomic E-state index is 10.9. The normalized spacial score (nSPS) is 21.9. The fourth-order valence-corrected chi connectivity index (χ4v) is 1.94. The van der Waals surface area contributed by atoms with Gasteiger partial charge in [-0.2, -0.15) is 0 Å². The first-order valence-electron chi connectivity index (χ1n) is 5.43. The monoisotopic (exact) mass is 220 g/mol. The number of benzene rings is 1. The van der Waals surface area contributed by atoms with Crippen molar-refractivity contribution in [3.63, 3.8) is 0 Å². The third kappa shape index (κ3) is 2.81. The summed E-state index contributed by atoms with van der Waals surface area (Å²) in [6, 6.07) is 10.0. The van der Waals surface area contributed by atoms with Crippen LogP contribution in [0.1, 0.15) is 11.7 Å². The molecular formula is C12H16N2O2. The number of ether oxygens (including phenoxy) is 1. The van der Waals surface area contributed by atoms with Crippen molar-refractivity contribution in [2.45, 2.75) is 6.10 Å². The van der Waals surface area contributed by atoms with E-state index in [1.165, 1.54) is 0 Å². The quantitative estimate of drug-likeness (QED) is 0.809. The number of carbonyl (C=O) groups excluding carboxylic acids is 1. The van der Waals surface area contributed by atoms with Gasteiger partial charge in [0.25, 0.3) is 0 Å². The van der Waals surface area contributed by atoms with E-state index in [1.54, 1.807) is 0 Å². The molecule has 1 amide bonds. The third-order valence-corrected chi connectivity index (χ3v) is 2.70. The zero-order valence-corrected chi connectivity index (χ0v) is 9.13. The van der Waals surface area contributed by atoms with Gasteiger partial charge in [-0.05, 0) is 5.56 Å². The van der Waals surface area contributed by atoms with Gasteiger partial charge in [0.05, 0.1) is 19.3 Å². The molecule has 2 N–H and O–H groups in total. The molecule has 0 saturated carbocycles. The Hall–Kier alpha value is -1.39. The molecule has 1 aliphatic heterocycles. The molecule has 4 heteroatoms. The first-order valence-corrected chi connectivity index (χ1v) is 5.43. The Morgan fingerprint density at radius 1 is 1.44 bits per heavy atom. The molecule has 1 aromatic carbocycles. The van der Waals surface area contributed by atoms with Crippen molar-refractivity contribution in [3.8, 4) is 0 Å². The van der Waals surface area contributed by atoms with Crippen LogP contribution in [0.3, 0.4) is 0 Å². The Labute approximate surface area is 95.0 Å². The lowest BCUT2D eigenvalue weighted by Crippen LogP contribution is -2.42. The van der Waals surface area contributed by atoms with E-state index >= 15 is 0 Å². The maximum atomic E-state index is 10.9. The van der Waals surface area contributed by atoms with E-state index in [4.69, 9.17) is 10.5 Å². The zero-order chi connectivity index (χ0) is 11.4. The highest BCUT2D eigenvalue weighted by atomic mass is 16.5. The van der Waals surface area contributed by atoms with Gasteiger partial charge in [0.1, 0.15) is 0 Å². The van der Waals surface area contributed by atoms with Gasteiger partial charge in [0.15, 0.2) is 0 Å². The van der Waals surface area contributed by atoms with Gasteiger partial charge in [-0.1, -0.05) is 30.3 Å². The van der Waals surface area contributed by atoms with E-state index in [0.717, 1.165) is 18.7 Å². The van der Waals surface area contributed by atoms with Crippen LogP contribution >= 0.6 is 0 Å². The molecule has 1 aliphatic rings. The van der Waals surface area contributed by atoms with Gasteiger partial charge in [0.2, 0.25) is 5.91 Å². The fraction of sp³-hybridized carbons (Fsp3) is 0.417. The van der Waals surface area contributed by atoms with E-state index in [2.05, 4.69) is 0 Å². The van der Waals surface area contributed by atoms with Crippen LogP contribution in [-0.4, -0.2) is 37.0 Å². The minimum absolute atomic E-state index is 0.0503. The van der Waals surface area contributed by atoms with Crippen LogP contribution in [0.25, 0.3) is 0 Å². The minimum atomic E-state index is -0.284. The molecule has 0 aliphatic carbocycles. The summed E-state index contributed by atoms with van der Waals surface area (Å²) in [4.78, 5) is 12.9. The number of hydrogen-bond acceptors (Lipinski definition) is 3. The lowest BCUT2D eigenvalue weighted by atomic mass is 10.1. The van der Waals surface area contributed by atoms with Gasteiger partial charge in [-0.25, -0.2) is 0 Å². The summed E-state index contributed by atoms with van der Waals surface area (Å²) in [5, 5.41) is 0. The molecule has 1 aromatic rings. The molecule has 1 saturated heterocycles. The van der Waals surface area contributed by atoms with Crippen molar-refractivity contribution in [1.29, 1.82) is 0 Å². The Bertz CT molecular complexity index is 353. The van der Waals surface area contributed by atoms with Crippen LogP contribution in [-0.2, 0) is 9.53 Å². The van der Waals surface area contributed by atoms with Crippen molar-refractivity contribution >= 4 is 5.91 Å². The van der Waals surface area contributed by atoms with Crippen molar-refractivity contribution in [2.24, 2.45) is 5.73 Å². The van der Waals surface area contributed by atoms with Crippen LogP contribution in [0.2, 0.25) is 0 Å². The summed E-state index contributed by atoms with van der Waals surface area (Å²) < 4.78 is 5.68. The predicted molar refractivity (Wildman–Crippen MR) is 60.8 cm³/mol. The van der Waals surface area contributed by atoms with Crippen molar-refractivity contribution in [2.75, 3.05) is 26.2 Å². The van der Waals surface area contributed by atoms with Gasteiger partial charge in [-0.3, -0.25) is 9.69 Å². The second-order valence-electron chi connectivity index (χ2n) is 3.97. The molecule has 0 aromatic heterocycles. The SMILES string of the molecule is NC(=O)CN1CCO[C@@H](c2ccccc2)C1. The summed E-state index contributed by atoms with van der Waals surface area (Å²) in [5.74, 6) is -0.284. The second kappa shape index (κ2) is 5.09. The molecule has 86 valence electrons. The average molecular weight is 220 g/mol. The summed E-state index contributed by atoms with van der Waals surface area (Å²) >= 11 is 0. The Kier molecular flexibility index (Phi) is 3.54. The number of morpholine rings is 1. The molecule has 0 radical (unpaired) electrons. The minimum Gasteiger partial charge on any atom is -0.371 e. The van der Waals surface area contributed by atoms with Crippen LogP contribution < -0.4 is 5.73 Å². The maximum Gasteiger partial charge on any atom is 0.231 e. The van der Waals surface area contributed by atoms with Gasteiger partial charge >= 0.3 is 0 Å². The largest absolute Gasteiger partial charge is 0.371 e. The number of carbonyl (C=O) groups is 1. The average Bonchev–Trinajstić information content (AvgIpc) is 2.30. The number of hydrogen-bond donors (Lipinski definition) is 1. The first-order chi connectivity index (χ1) is 7.75. The van der Waals surface area contributed by atoms with E-state index in [9.17, 15) is 4.79 Å². The second-order valence-corrected chi connectivity index (χ2v) is 3.97. The van der Waals surface area contributed by atoms with E-state index in [-0.39, 0.29) is 12.0 Å². The molecule has 1 fully saturated rings. The van der Waals surface area contributed by atoms with Crippen molar-refractivity contribution in [3.05, 3.63) is 35.9 Å². The molecule has 0 unspecified atom stereocenters. The van der Waals surface area contributed by atoms with Crippen molar-refractivity contribution < 1.29 is 9.53 Å². The van der Waals surface area contributed by atoms with Crippen LogP contribution in [0.15, 0.2) is 30.3 Å². The summed E-state index contributed by atoms with van der Waals surface area (Å²) in [6.45, 7) is 2.46. The highest BCUT2D eigenvalue weighted by molar-refractivity contribution is 5.75. The number of rotatable bonds is 3. The fourth-order valence-electron chi connectivity index (χ4n) is 1.94. The standard InChI is InChI=1S/C12H16N2O2/c13-12(15)9-14-6-7-16-11(8-14)10-4-2-1-3-5-10/h1-5,11H,6-9H2,(H2,13,15)/t11-/m1/s1. The molecule has 2 rings (SSSR count). The molecule has 0 spiro atoms. The predicted octanol–water partition coefficient (Wildman–Crippen LogP) is 0.545. The smallest absolute Gasteiger partial charge is 0.231 e. The van der Waals surface area contributed by atoms with Crippen LogP contribution in [0.5, 0.6) is 0 Å². The number of amides is 1. The Balaban J connectivity index is 1.99. The first kappa shape index (κ1) is 11.1. The molecule has 1 atom stereocenters. The summed E-state index contributed by atoms with van der Waals surface area (Å²) in [7, 11) is 0. The van der Waals surface area contributed by atoms with Crippen LogP contribution in [0, 0.1) is 0 Å². The van der Waals surface area contributed by atoms with Gasteiger partial charge < -0.3 is 10.5 Å². The topological polar surface area (TPSA) is 55.6 Å². The number of primary amides is 1. The summed E-state index contributed by atoms with van der Waals surface area (Å²) in [6.07, 6.45) is 0.0503. The molecule has 1 heterocycles. The zero-order valence-electron chi connectivity index (χ0n) is 9.13. The van der Waals surface area contributed by atoms with Gasteiger partial charge in [0, 0.05) is 13.1 Å². The van der Waals surface area contributed by atoms with Crippen molar-refractivity contribution in [1.82, 2.24) is 4.90 Å². The van der Waals surface area contributed by atoms with Crippen LogP contribution in [0.4, 0.5) is 0 Å². The molecule has 4 nitrogen and oxygen atoms in total. The highest BCUT2D eigenvalue weighted by Crippen LogP contribution is 2.21. The van der Waals surface area contributed by atoms with Gasteiger partial charge in [-0.15, -0.1) is 0 Å². The lowest BCUT2D eigenvalue weighted by Gasteiger charge is -2.32. The highest BCUT2D eigenvalue weighted by Gasteiger charge is 2.22. The summed E-state index contributed by atoms with van der Waals surface area (Å²) in [5.41, 5.74) is 6.34. The van der Waals surface area contributed by atoms with E-state index < -0.39 is 0 Å². The molecular weight excluding hydrogens is 204 g/mol. The molecule has 0 bridgehead atoms. The number of nitrogens with zero attached hydrogens (tertiary/aromatic N) is 1. The third-order valence-electron chi connectivity index (χ3n) is 2.70.